The largest absolute Gasteiger partial charge is 0.494 e. The number of rotatable bonds is 4. The van der Waals surface area contributed by atoms with Crippen molar-refractivity contribution in [3.05, 3.63) is 30.1 Å². The van der Waals surface area contributed by atoms with Crippen molar-refractivity contribution in [1.82, 2.24) is 25.1 Å². The molecular weight excluding hydrogens is 326 g/mol. The summed E-state index contributed by atoms with van der Waals surface area (Å²) in [6.07, 6.45) is 3.30. The van der Waals surface area contributed by atoms with E-state index in [9.17, 15) is 9.59 Å². The summed E-state index contributed by atoms with van der Waals surface area (Å²) in [6, 6.07) is 3.05. The number of pyridine rings is 1. The molecule has 3 heterocycles. The topological polar surface area (TPSA) is 97.2 Å². The van der Waals surface area contributed by atoms with E-state index < -0.39 is 0 Å². The van der Waals surface area contributed by atoms with Gasteiger partial charge in [-0.1, -0.05) is 0 Å². The molecule has 1 atom stereocenters. The van der Waals surface area contributed by atoms with E-state index in [4.69, 9.17) is 9.47 Å². The number of hydrogen-bond donors (Lipinski definition) is 2. The van der Waals surface area contributed by atoms with Gasteiger partial charge in [0, 0.05) is 26.3 Å². The molecule has 1 aliphatic heterocycles. The Labute approximate surface area is 144 Å². The van der Waals surface area contributed by atoms with Crippen LogP contribution in [-0.2, 0) is 4.74 Å². The van der Waals surface area contributed by atoms with Crippen LogP contribution in [0.4, 0.5) is 4.79 Å². The van der Waals surface area contributed by atoms with Crippen molar-refractivity contribution in [2.24, 2.45) is 0 Å². The molecule has 25 heavy (non-hydrogen) atoms. The quantitative estimate of drug-likeness (QED) is 0.818. The summed E-state index contributed by atoms with van der Waals surface area (Å²) in [5.41, 5.74) is 1.09. The van der Waals surface area contributed by atoms with Crippen LogP contribution >= 0.6 is 0 Å². The maximum Gasteiger partial charge on any atom is 0.314 e. The van der Waals surface area contributed by atoms with Crippen molar-refractivity contribution in [3.8, 4) is 5.75 Å². The van der Waals surface area contributed by atoms with Gasteiger partial charge in [0.1, 0.15) is 11.3 Å². The lowest BCUT2D eigenvalue weighted by atomic mass is 10.1. The molecule has 1 unspecified atom stereocenters. The first-order valence-corrected chi connectivity index (χ1v) is 8.00. The van der Waals surface area contributed by atoms with Crippen LogP contribution in [0.5, 0.6) is 5.75 Å². The molecule has 3 amide bonds. The lowest BCUT2D eigenvalue weighted by Crippen LogP contribution is -2.54. The van der Waals surface area contributed by atoms with Gasteiger partial charge in [0.25, 0.3) is 5.91 Å². The summed E-state index contributed by atoms with van der Waals surface area (Å²) in [7, 11) is 3.10. The average molecular weight is 347 g/mol. The van der Waals surface area contributed by atoms with E-state index in [1.165, 1.54) is 0 Å². The minimum Gasteiger partial charge on any atom is -0.494 e. The molecule has 2 aromatic rings. The molecule has 1 fully saturated rings. The zero-order valence-electron chi connectivity index (χ0n) is 14.2. The average Bonchev–Trinajstić information content (AvgIpc) is 3.10. The molecule has 9 nitrogen and oxygen atoms in total. The van der Waals surface area contributed by atoms with Crippen LogP contribution < -0.4 is 15.4 Å². The zero-order chi connectivity index (χ0) is 17.8. The smallest absolute Gasteiger partial charge is 0.314 e. The van der Waals surface area contributed by atoms with Gasteiger partial charge < -0.3 is 25.0 Å². The summed E-state index contributed by atoms with van der Waals surface area (Å²) in [4.78, 5) is 26.2. The highest BCUT2D eigenvalue weighted by molar-refractivity contribution is 6.02. The van der Waals surface area contributed by atoms with Crippen LogP contribution in [0.25, 0.3) is 5.52 Å². The molecule has 0 spiro atoms. The minimum absolute atomic E-state index is 0.161. The highest BCUT2D eigenvalue weighted by Gasteiger charge is 2.30. The van der Waals surface area contributed by atoms with Crippen LogP contribution in [-0.4, -0.2) is 73.0 Å². The zero-order valence-corrected chi connectivity index (χ0v) is 14.2. The number of urea groups is 1. The Hall–Kier alpha value is -2.81. The van der Waals surface area contributed by atoms with Crippen LogP contribution in [0, 0.1) is 0 Å². The second-order valence-electron chi connectivity index (χ2n) is 5.62. The Balaban J connectivity index is 1.86. The molecule has 1 aliphatic rings. The van der Waals surface area contributed by atoms with Crippen molar-refractivity contribution in [2.75, 3.05) is 40.5 Å². The number of ether oxygens (including phenoxy) is 2. The van der Waals surface area contributed by atoms with E-state index in [1.807, 2.05) is 0 Å². The molecule has 0 radical (unpaired) electrons. The number of nitrogens with zero attached hydrogens (tertiary/aromatic N) is 3. The number of methoxy groups -OCH3 is 1. The number of hydrogen-bond acceptors (Lipinski definition) is 5. The molecule has 0 saturated carbocycles. The summed E-state index contributed by atoms with van der Waals surface area (Å²) >= 11 is 0. The summed E-state index contributed by atoms with van der Waals surface area (Å²) in [6.45, 7) is 1.58. The maximum atomic E-state index is 13.1. The fraction of sp³-hybridized carbons (Fsp3) is 0.438. The molecule has 0 aliphatic carbocycles. The fourth-order valence-electron chi connectivity index (χ4n) is 2.88. The Morgan fingerprint density at radius 1 is 1.48 bits per heavy atom. The number of aromatic nitrogens is 2. The van der Waals surface area contributed by atoms with Crippen molar-refractivity contribution in [2.45, 2.75) is 6.04 Å². The lowest BCUT2D eigenvalue weighted by Gasteiger charge is -2.35. The molecule has 0 aromatic carbocycles. The van der Waals surface area contributed by atoms with Gasteiger partial charge in [0.05, 0.1) is 38.1 Å². The van der Waals surface area contributed by atoms with E-state index in [2.05, 4.69) is 15.7 Å². The van der Waals surface area contributed by atoms with Gasteiger partial charge in [0.15, 0.2) is 0 Å². The Kier molecular flexibility index (Phi) is 5.03. The first-order chi connectivity index (χ1) is 12.2. The van der Waals surface area contributed by atoms with Crippen molar-refractivity contribution in [3.63, 3.8) is 0 Å². The van der Waals surface area contributed by atoms with E-state index in [0.717, 1.165) is 0 Å². The number of carbonyl (C=O) groups is 2. The van der Waals surface area contributed by atoms with Crippen LogP contribution in [0.1, 0.15) is 10.4 Å². The SMILES string of the molecule is CNC(=O)NCC1COCCN1C(=O)c1cnn2cccc(OC)c12. The number of morpholine rings is 1. The lowest BCUT2D eigenvalue weighted by molar-refractivity contribution is -0.000664. The predicted molar refractivity (Wildman–Crippen MR) is 89.8 cm³/mol. The standard InChI is InChI=1S/C16H21N5O4/c1-17-16(23)18-8-11-10-25-7-6-20(11)15(22)12-9-19-21-5-3-4-13(24-2)14(12)21/h3-5,9,11H,6-8,10H2,1-2H3,(H2,17,18,23). The Morgan fingerprint density at radius 3 is 3.08 bits per heavy atom. The summed E-state index contributed by atoms with van der Waals surface area (Å²) < 4.78 is 12.4. The Morgan fingerprint density at radius 2 is 2.32 bits per heavy atom. The van der Waals surface area contributed by atoms with Gasteiger partial charge in [0.2, 0.25) is 0 Å². The number of nitrogens with one attached hydrogen (secondary N) is 2. The number of amides is 3. The molecule has 9 heteroatoms. The molecule has 1 saturated heterocycles. The van der Waals surface area contributed by atoms with E-state index >= 15 is 0 Å². The molecular formula is C16H21N5O4. The summed E-state index contributed by atoms with van der Waals surface area (Å²) in [5.74, 6) is 0.420. The maximum absolute atomic E-state index is 13.1. The normalized spacial score (nSPS) is 17.4. The third-order valence-electron chi connectivity index (χ3n) is 4.17. The van der Waals surface area contributed by atoms with E-state index in [1.54, 1.807) is 48.1 Å². The first-order valence-electron chi connectivity index (χ1n) is 8.00. The predicted octanol–water partition coefficient (Wildman–Crippen LogP) is 0.113. The number of fused-ring (bicyclic) bond motifs is 1. The molecule has 3 rings (SSSR count). The third kappa shape index (κ3) is 3.36. The van der Waals surface area contributed by atoms with Crippen molar-refractivity contribution < 1.29 is 19.1 Å². The molecule has 0 bridgehead atoms. The van der Waals surface area contributed by atoms with Crippen molar-refractivity contribution in [1.29, 1.82) is 0 Å². The second kappa shape index (κ2) is 7.39. The van der Waals surface area contributed by atoms with Gasteiger partial charge >= 0.3 is 6.03 Å². The summed E-state index contributed by atoms with van der Waals surface area (Å²) in [5, 5.41) is 9.45. The second-order valence-corrected chi connectivity index (χ2v) is 5.62. The van der Waals surface area contributed by atoms with Gasteiger partial charge in [-0.25, -0.2) is 9.31 Å². The van der Waals surface area contributed by atoms with Gasteiger partial charge in [-0.05, 0) is 12.1 Å². The van der Waals surface area contributed by atoms with E-state index in [0.29, 0.717) is 43.1 Å². The molecule has 2 aromatic heterocycles. The van der Waals surface area contributed by atoms with Crippen LogP contribution in [0.2, 0.25) is 0 Å². The molecule has 2 N–H and O–H groups in total. The van der Waals surface area contributed by atoms with Crippen LogP contribution in [0.15, 0.2) is 24.5 Å². The minimum atomic E-state index is -0.296. The third-order valence-corrected chi connectivity index (χ3v) is 4.17. The van der Waals surface area contributed by atoms with E-state index in [-0.39, 0.29) is 18.0 Å². The highest BCUT2D eigenvalue weighted by Crippen LogP contribution is 2.25. The number of carbonyl (C=O) groups excluding carboxylic acids is 2. The van der Waals surface area contributed by atoms with Gasteiger partial charge in [-0.15, -0.1) is 0 Å². The molecule has 134 valence electrons. The first kappa shape index (κ1) is 17.0. The van der Waals surface area contributed by atoms with Crippen molar-refractivity contribution >= 4 is 17.5 Å². The Bertz CT molecular complexity index is 775. The van der Waals surface area contributed by atoms with Gasteiger partial charge in [-0.3, -0.25) is 4.79 Å². The fourth-order valence-corrected chi connectivity index (χ4v) is 2.88. The van der Waals surface area contributed by atoms with Gasteiger partial charge in [-0.2, -0.15) is 5.10 Å². The van der Waals surface area contributed by atoms with Crippen LogP contribution in [0.3, 0.4) is 0 Å². The monoisotopic (exact) mass is 347 g/mol. The highest BCUT2D eigenvalue weighted by atomic mass is 16.5.